The summed E-state index contributed by atoms with van der Waals surface area (Å²) in [6.07, 6.45) is 5.23. The van der Waals surface area contributed by atoms with Crippen molar-refractivity contribution in [1.29, 1.82) is 0 Å². The number of rotatable bonds is 10. The molecule has 0 spiro atoms. The molecule has 7 heteroatoms. The van der Waals surface area contributed by atoms with Crippen LogP contribution < -0.4 is 5.56 Å². The van der Waals surface area contributed by atoms with E-state index in [0.717, 1.165) is 53.8 Å². The number of hydrogen-bond donors (Lipinski definition) is 1. The van der Waals surface area contributed by atoms with Crippen LogP contribution in [-0.4, -0.2) is 39.2 Å². The van der Waals surface area contributed by atoms with E-state index in [1.807, 2.05) is 43.3 Å². The average molecular weight is 487 g/mol. The highest BCUT2D eigenvalue weighted by atomic mass is 19.1. The van der Waals surface area contributed by atoms with Gasteiger partial charge in [-0.25, -0.2) is 4.39 Å². The molecule has 2 heterocycles. The van der Waals surface area contributed by atoms with Crippen LogP contribution in [-0.2, 0) is 13.0 Å². The van der Waals surface area contributed by atoms with Crippen LogP contribution in [0.4, 0.5) is 4.39 Å². The minimum atomic E-state index is -0.281. The van der Waals surface area contributed by atoms with Crippen LogP contribution in [0.1, 0.15) is 46.4 Å². The predicted molar refractivity (Wildman–Crippen MR) is 139 cm³/mol. The molecule has 0 aliphatic heterocycles. The lowest BCUT2D eigenvalue weighted by Gasteiger charge is -2.17. The van der Waals surface area contributed by atoms with Gasteiger partial charge < -0.3 is 9.47 Å². The van der Waals surface area contributed by atoms with Gasteiger partial charge in [-0.15, -0.1) is 0 Å². The van der Waals surface area contributed by atoms with E-state index >= 15 is 0 Å². The molecule has 186 valence electrons. The number of unbranched alkanes of at least 4 members (excludes halogenated alkanes) is 2. The Balaban J connectivity index is 1.26. The summed E-state index contributed by atoms with van der Waals surface area (Å²) < 4.78 is 15.0. The van der Waals surface area contributed by atoms with E-state index in [1.54, 1.807) is 40.9 Å². The first-order valence-electron chi connectivity index (χ1n) is 12.2. The third-order valence-corrected chi connectivity index (χ3v) is 6.22. The largest absolute Gasteiger partial charge is 0.342 e. The fourth-order valence-electron chi connectivity index (χ4n) is 4.27. The SMILES string of the molecule is Cc1cccc(Cn2cccc(C(=O)N(C)CCCCCc3cc(-c4cccc(F)c4)n[nH]3)c2=O)c1. The summed E-state index contributed by atoms with van der Waals surface area (Å²) in [6, 6.07) is 19.7. The summed E-state index contributed by atoms with van der Waals surface area (Å²) in [6.45, 7) is 3.02. The molecule has 0 saturated carbocycles. The molecule has 0 bridgehead atoms. The maximum atomic E-state index is 13.4. The van der Waals surface area contributed by atoms with Gasteiger partial charge in [0, 0.05) is 31.0 Å². The second kappa shape index (κ2) is 11.6. The van der Waals surface area contributed by atoms with Crippen LogP contribution in [0.3, 0.4) is 0 Å². The van der Waals surface area contributed by atoms with E-state index in [0.29, 0.717) is 13.1 Å². The molecule has 0 unspecified atom stereocenters. The monoisotopic (exact) mass is 486 g/mol. The first-order chi connectivity index (χ1) is 17.4. The number of H-pyrrole nitrogens is 1. The van der Waals surface area contributed by atoms with Gasteiger partial charge in [-0.2, -0.15) is 5.10 Å². The minimum Gasteiger partial charge on any atom is -0.342 e. The second-order valence-corrected chi connectivity index (χ2v) is 9.17. The highest BCUT2D eigenvalue weighted by Crippen LogP contribution is 2.19. The molecule has 0 fully saturated rings. The van der Waals surface area contributed by atoms with Crippen molar-refractivity contribution in [3.05, 3.63) is 111 Å². The zero-order chi connectivity index (χ0) is 25.5. The van der Waals surface area contributed by atoms with Gasteiger partial charge in [0.05, 0.1) is 12.2 Å². The zero-order valence-corrected chi connectivity index (χ0v) is 20.7. The molecule has 6 nitrogen and oxygen atoms in total. The molecule has 0 aliphatic carbocycles. The van der Waals surface area contributed by atoms with Gasteiger partial charge >= 0.3 is 0 Å². The Hall–Kier alpha value is -4.00. The Morgan fingerprint density at radius 1 is 1.03 bits per heavy atom. The van der Waals surface area contributed by atoms with Crippen LogP contribution >= 0.6 is 0 Å². The van der Waals surface area contributed by atoms with Gasteiger partial charge in [0.25, 0.3) is 11.5 Å². The number of hydrogen-bond acceptors (Lipinski definition) is 3. The second-order valence-electron chi connectivity index (χ2n) is 9.17. The van der Waals surface area contributed by atoms with Gasteiger partial charge in [-0.3, -0.25) is 14.7 Å². The van der Waals surface area contributed by atoms with Crippen molar-refractivity contribution in [2.24, 2.45) is 0 Å². The number of nitrogens with zero attached hydrogens (tertiary/aromatic N) is 3. The number of aryl methyl sites for hydroxylation is 2. The molecule has 4 aromatic rings. The number of halogens is 1. The van der Waals surface area contributed by atoms with Crippen LogP contribution in [0.15, 0.2) is 77.7 Å². The van der Waals surface area contributed by atoms with E-state index in [2.05, 4.69) is 10.2 Å². The van der Waals surface area contributed by atoms with Crippen molar-refractivity contribution in [2.45, 2.75) is 39.2 Å². The van der Waals surface area contributed by atoms with E-state index in [1.165, 1.54) is 12.1 Å². The Labute approximate surface area is 210 Å². The van der Waals surface area contributed by atoms with Crippen molar-refractivity contribution in [3.63, 3.8) is 0 Å². The standard InChI is InChI=1S/C29H31FN4O2/c1-21-9-6-10-22(17-21)20-34-16-8-14-26(29(34)36)28(35)33(2)15-5-3-4-13-25-19-27(32-31-25)23-11-7-12-24(30)18-23/h6-12,14,16-19H,3-5,13,15,20H2,1-2H3,(H,31,32). The first-order valence-corrected chi connectivity index (χ1v) is 12.2. The van der Waals surface area contributed by atoms with Crippen molar-refractivity contribution in [3.8, 4) is 11.3 Å². The van der Waals surface area contributed by atoms with Gasteiger partial charge in [-0.05, 0) is 62.1 Å². The number of aromatic amines is 1. The fraction of sp³-hybridized carbons (Fsp3) is 0.276. The highest BCUT2D eigenvalue weighted by molar-refractivity contribution is 5.93. The Bertz CT molecular complexity index is 1390. The molecule has 2 aromatic heterocycles. The molecule has 2 aromatic carbocycles. The smallest absolute Gasteiger partial charge is 0.263 e. The molecule has 0 atom stereocenters. The topological polar surface area (TPSA) is 71.0 Å². The van der Waals surface area contributed by atoms with Crippen LogP contribution in [0.5, 0.6) is 0 Å². The van der Waals surface area contributed by atoms with Crippen molar-refractivity contribution < 1.29 is 9.18 Å². The number of carbonyl (C=O) groups is 1. The van der Waals surface area contributed by atoms with Gasteiger partial charge in [0.2, 0.25) is 0 Å². The van der Waals surface area contributed by atoms with E-state index < -0.39 is 0 Å². The molecule has 0 aliphatic rings. The molecule has 1 N–H and O–H groups in total. The van der Waals surface area contributed by atoms with Crippen LogP contribution in [0.2, 0.25) is 0 Å². The molecule has 0 saturated heterocycles. The highest BCUT2D eigenvalue weighted by Gasteiger charge is 2.16. The molecular formula is C29H31FN4O2. The summed E-state index contributed by atoms with van der Waals surface area (Å²) >= 11 is 0. The number of nitrogens with one attached hydrogen (secondary N) is 1. The zero-order valence-electron chi connectivity index (χ0n) is 20.7. The maximum absolute atomic E-state index is 13.4. The van der Waals surface area contributed by atoms with Gasteiger partial charge in [0.1, 0.15) is 11.4 Å². The Morgan fingerprint density at radius 2 is 1.86 bits per heavy atom. The lowest BCUT2D eigenvalue weighted by Crippen LogP contribution is -2.34. The van der Waals surface area contributed by atoms with Gasteiger partial charge in [0.15, 0.2) is 0 Å². The molecule has 4 rings (SSSR count). The third kappa shape index (κ3) is 6.36. The normalized spacial score (nSPS) is 11.0. The lowest BCUT2D eigenvalue weighted by atomic mass is 10.1. The third-order valence-electron chi connectivity index (χ3n) is 6.22. The van der Waals surface area contributed by atoms with Crippen LogP contribution in [0, 0.1) is 12.7 Å². The number of aromatic nitrogens is 3. The molecule has 1 amide bonds. The maximum Gasteiger partial charge on any atom is 0.263 e. The summed E-state index contributed by atoms with van der Waals surface area (Å²) in [4.78, 5) is 27.5. The summed E-state index contributed by atoms with van der Waals surface area (Å²) in [5, 5.41) is 7.30. The molecular weight excluding hydrogens is 455 g/mol. The summed E-state index contributed by atoms with van der Waals surface area (Å²) in [5.74, 6) is -0.539. The number of amides is 1. The van der Waals surface area contributed by atoms with Crippen LogP contribution in [0.25, 0.3) is 11.3 Å². The fourth-order valence-corrected chi connectivity index (χ4v) is 4.27. The van der Waals surface area contributed by atoms with Crippen molar-refractivity contribution >= 4 is 5.91 Å². The Morgan fingerprint density at radius 3 is 2.67 bits per heavy atom. The minimum absolute atomic E-state index is 0.190. The predicted octanol–water partition coefficient (Wildman–Crippen LogP) is 5.22. The number of carbonyl (C=O) groups excluding carboxylic acids is 1. The van der Waals surface area contributed by atoms with Crippen molar-refractivity contribution in [1.82, 2.24) is 19.7 Å². The Kier molecular flexibility index (Phi) is 8.10. The first kappa shape index (κ1) is 25.1. The van der Waals surface area contributed by atoms with Gasteiger partial charge in [-0.1, -0.05) is 48.4 Å². The van der Waals surface area contributed by atoms with E-state index in [9.17, 15) is 14.0 Å². The number of benzene rings is 2. The lowest BCUT2D eigenvalue weighted by molar-refractivity contribution is 0.0790. The molecule has 36 heavy (non-hydrogen) atoms. The summed E-state index contributed by atoms with van der Waals surface area (Å²) in [7, 11) is 1.74. The number of pyridine rings is 1. The molecule has 0 radical (unpaired) electrons. The van der Waals surface area contributed by atoms with E-state index in [-0.39, 0.29) is 22.8 Å². The quantitative estimate of drug-likeness (QED) is 0.313. The van der Waals surface area contributed by atoms with Crippen molar-refractivity contribution in [2.75, 3.05) is 13.6 Å². The van der Waals surface area contributed by atoms with E-state index in [4.69, 9.17) is 0 Å². The average Bonchev–Trinajstić information content (AvgIpc) is 3.34. The summed E-state index contributed by atoms with van der Waals surface area (Å²) in [5.41, 5.74) is 4.54.